The van der Waals surface area contributed by atoms with Crippen LogP contribution in [0, 0.1) is 17.8 Å². The Labute approximate surface area is 442 Å². The number of aliphatic hydroxyl groups is 13. The summed E-state index contributed by atoms with van der Waals surface area (Å²) in [6.45, 7) is 5.92. The van der Waals surface area contributed by atoms with Crippen LogP contribution in [0.1, 0.15) is 79.1 Å². The first kappa shape index (κ1) is 64.9. The number of carbonyl (C=O) groups is 2. The molecule has 0 aromatic carbocycles. The van der Waals surface area contributed by atoms with E-state index in [1.165, 1.54) is 13.0 Å². The quantitative estimate of drug-likeness (QED) is 0.135. The number of hydrogen-bond donors (Lipinski definition) is 15. The summed E-state index contributed by atoms with van der Waals surface area (Å²) < 4.78 is 35.2. The van der Waals surface area contributed by atoms with Crippen molar-refractivity contribution in [2.75, 3.05) is 6.61 Å². The molecule has 24 atom stereocenters. The highest BCUT2D eigenvalue weighted by Gasteiger charge is 2.51. The first-order valence-corrected chi connectivity index (χ1v) is 25.8. The summed E-state index contributed by atoms with van der Waals surface area (Å²) >= 11 is 0. The van der Waals surface area contributed by atoms with Gasteiger partial charge in [-0.15, -0.1) is 0 Å². The van der Waals surface area contributed by atoms with Gasteiger partial charge in [0, 0.05) is 37.5 Å². The van der Waals surface area contributed by atoms with Crippen LogP contribution in [0.15, 0.2) is 85.1 Å². The van der Waals surface area contributed by atoms with Gasteiger partial charge in [-0.3, -0.25) is 9.59 Å². The summed E-state index contributed by atoms with van der Waals surface area (Å²) in [5, 5.41) is 150. The fourth-order valence-corrected chi connectivity index (χ4v) is 9.54. The molecule has 4 heterocycles. The summed E-state index contributed by atoms with van der Waals surface area (Å²) in [5.74, 6) is -7.38. The van der Waals surface area contributed by atoms with Crippen molar-refractivity contribution in [3.63, 3.8) is 0 Å². The molecule has 2 bridgehead atoms. The highest BCUT2D eigenvalue weighted by molar-refractivity contribution is 5.71. The summed E-state index contributed by atoms with van der Waals surface area (Å²) in [7, 11) is 0. The Morgan fingerprint density at radius 3 is 1.80 bits per heavy atom. The second-order valence-electron chi connectivity index (χ2n) is 20.4. The van der Waals surface area contributed by atoms with Crippen molar-refractivity contribution in [2.24, 2.45) is 23.5 Å². The average molecular weight is 1090 g/mol. The number of nitrogens with two attached hydrogens (primary N) is 1. The molecule has 0 spiro atoms. The third-order valence-corrected chi connectivity index (χ3v) is 14.1. The molecule has 0 saturated carbocycles. The highest BCUT2D eigenvalue weighted by atomic mass is 16.7. The number of ether oxygens (including phenoxy) is 6. The molecule has 3 fully saturated rings. The first-order valence-electron chi connectivity index (χ1n) is 25.8. The van der Waals surface area contributed by atoms with E-state index in [0.717, 1.165) is 0 Å². The van der Waals surface area contributed by atoms with Crippen LogP contribution in [0.3, 0.4) is 0 Å². The van der Waals surface area contributed by atoms with Crippen LogP contribution < -0.4 is 5.73 Å². The van der Waals surface area contributed by atoms with Crippen molar-refractivity contribution in [1.82, 2.24) is 0 Å². The molecule has 4 rings (SSSR count). The van der Waals surface area contributed by atoms with E-state index in [1.807, 2.05) is 0 Å². The minimum absolute atomic E-state index is 0.172. The monoisotopic (exact) mass is 1090 g/mol. The molecule has 1 unspecified atom stereocenters. The number of fused-ring (bicyclic) bond motifs is 2. The van der Waals surface area contributed by atoms with Crippen LogP contribution in [0.2, 0.25) is 0 Å². The lowest BCUT2D eigenvalue weighted by Gasteiger charge is -2.45. The smallest absolute Gasteiger partial charge is 0.311 e. The van der Waals surface area contributed by atoms with E-state index < -0.39 is 190 Å². The molecule has 23 nitrogen and oxygen atoms in total. The Bertz CT molecular complexity index is 1980. The number of carboxylic acid groups (broad SMARTS) is 1. The topological polar surface area (TPSA) is 399 Å². The van der Waals surface area contributed by atoms with E-state index >= 15 is 0 Å². The number of carboxylic acids is 1. The molecule has 16 N–H and O–H groups in total. The van der Waals surface area contributed by atoms with Crippen molar-refractivity contribution in [3.05, 3.63) is 85.1 Å². The van der Waals surface area contributed by atoms with Gasteiger partial charge in [-0.2, -0.15) is 0 Å². The van der Waals surface area contributed by atoms with Gasteiger partial charge in [-0.05, 0) is 33.1 Å². The summed E-state index contributed by atoms with van der Waals surface area (Å²) in [6.07, 6.45) is -6.08. The highest BCUT2D eigenvalue weighted by Crippen LogP contribution is 2.38. The Hall–Kier alpha value is -3.64. The van der Waals surface area contributed by atoms with Gasteiger partial charge in [-0.1, -0.05) is 98.9 Å². The maximum absolute atomic E-state index is 13.1. The van der Waals surface area contributed by atoms with E-state index in [1.54, 1.807) is 99.8 Å². The zero-order chi connectivity index (χ0) is 56.4. The number of aliphatic hydroxyl groups excluding tert-OH is 12. The Kier molecular flexibility index (Phi) is 26.7. The first-order chi connectivity index (χ1) is 35.9. The van der Waals surface area contributed by atoms with E-state index in [-0.39, 0.29) is 25.7 Å². The van der Waals surface area contributed by atoms with Crippen molar-refractivity contribution < 1.29 is 110 Å². The van der Waals surface area contributed by atoms with E-state index in [4.69, 9.17) is 34.2 Å². The van der Waals surface area contributed by atoms with Gasteiger partial charge in [-0.25, -0.2) is 0 Å². The molecule has 0 radical (unpaired) electrons. The molecule has 0 aliphatic carbocycles. The Morgan fingerprint density at radius 2 is 1.21 bits per heavy atom. The van der Waals surface area contributed by atoms with Gasteiger partial charge in [0.1, 0.15) is 42.5 Å². The number of hydrogen-bond acceptors (Lipinski definition) is 22. The normalized spacial score (nSPS) is 46.8. The third kappa shape index (κ3) is 19.6. The van der Waals surface area contributed by atoms with Crippen molar-refractivity contribution in [2.45, 2.75) is 207 Å². The molecular weight excluding hydrogens is 1000 g/mol. The molecule has 3 saturated heterocycles. The standard InChI is InChI=1S/C53H83NO22/c1-28-17-15-13-11-9-7-5-6-8-10-12-14-16-18-35(73-51-46(65)43(54)44(63)31(4)72-51)24-39-42(50(68)69)38(61)26-53(70,76-39)25-34(58)22-37(60)36(59)20-19-32(56)21-33(57)23-41(62)71-30(3)29(2)49(28)75-52-48(67)47(66)45(64)40(27-55)74-52/h5-18,28-40,42-49,51-52,55-61,63-67,70H,19-27,54H2,1-4H3,(H,68,69)/b6-5+,9-7+,10-8+,13-11+,14-12+,17-15+,18-16+/t28-,29-,30-,31+,32+,33+,34-,35-,36+,37+,38-,39-,40+,42+,43-,44+,45+,46-,47-,48-,49+,51-,52?,53+/m0/s1. The van der Waals surface area contributed by atoms with Crippen LogP contribution in [0.25, 0.3) is 0 Å². The lowest BCUT2D eigenvalue weighted by Crippen LogP contribution is -2.61. The van der Waals surface area contributed by atoms with Crippen LogP contribution in [-0.4, -0.2) is 218 Å². The molecule has 23 heteroatoms. The van der Waals surface area contributed by atoms with Crippen molar-refractivity contribution in [1.29, 1.82) is 0 Å². The third-order valence-electron chi connectivity index (χ3n) is 14.1. The zero-order valence-corrected chi connectivity index (χ0v) is 43.3. The van der Waals surface area contributed by atoms with Crippen LogP contribution in [0.4, 0.5) is 0 Å². The minimum Gasteiger partial charge on any atom is -0.481 e. The van der Waals surface area contributed by atoms with Crippen LogP contribution in [0.5, 0.6) is 0 Å². The second-order valence-corrected chi connectivity index (χ2v) is 20.4. The number of carbonyl (C=O) groups excluding carboxylic acids is 1. The van der Waals surface area contributed by atoms with Gasteiger partial charge >= 0.3 is 11.9 Å². The van der Waals surface area contributed by atoms with Gasteiger partial charge < -0.3 is 106 Å². The van der Waals surface area contributed by atoms with Gasteiger partial charge in [0.15, 0.2) is 18.4 Å². The number of aliphatic carboxylic acids is 1. The molecule has 0 amide bonds. The van der Waals surface area contributed by atoms with Crippen molar-refractivity contribution in [3.8, 4) is 0 Å². The summed E-state index contributed by atoms with van der Waals surface area (Å²) in [4.78, 5) is 25.6. The predicted octanol–water partition coefficient (Wildman–Crippen LogP) is -1.46. The van der Waals surface area contributed by atoms with E-state index in [0.29, 0.717) is 0 Å². The molecule has 4 aliphatic rings. The molecule has 432 valence electrons. The Morgan fingerprint density at radius 1 is 0.632 bits per heavy atom. The number of allylic oxidation sites excluding steroid dienone is 12. The molecule has 4 aliphatic heterocycles. The van der Waals surface area contributed by atoms with Crippen molar-refractivity contribution >= 4 is 11.9 Å². The molecule has 76 heavy (non-hydrogen) atoms. The van der Waals surface area contributed by atoms with Crippen LogP contribution in [-0.2, 0) is 38.0 Å². The molecule has 0 aromatic rings. The second kappa shape index (κ2) is 31.2. The number of rotatable bonds is 6. The maximum Gasteiger partial charge on any atom is 0.311 e. The van der Waals surface area contributed by atoms with E-state index in [9.17, 15) is 81.1 Å². The van der Waals surface area contributed by atoms with E-state index in [2.05, 4.69) is 0 Å². The average Bonchev–Trinajstić information content (AvgIpc) is 3.34. The lowest BCUT2D eigenvalue weighted by molar-refractivity contribution is -0.318. The van der Waals surface area contributed by atoms with Gasteiger partial charge in [0.25, 0.3) is 0 Å². The Balaban J connectivity index is 1.59. The molecular formula is C53H83NO22. The largest absolute Gasteiger partial charge is 0.481 e. The maximum atomic E-state index is 13.1. The number of esters is 1. The number of cyclic esters (lactones) is 1. The van der Waals surface area contributed by atoms with Gasteiger partial charge in [0.2, 0.25) is 0 Å². The van der Waals surface area contributed by atoms with Crippen LogP contribution >= 0.6 is 0 Å². The predicted molar refractivity (Wildman–Crippen MR) is 270 cm³/mol. The van der Waals surface area contributed by atoms with Gasteiger partial charge in [0.05, 0.1) is 86.2 Å². The fourth-order valence-electron chi connectivity index (χ4n) is 9.54. The SMILES string of the molecule is C[C@@H]1[C@H](OC2O[C@H](CO)[C@@H](O)[C@H](O)[C@@H]2O)[C@@H](C)/C=C/C=C/C=C/C=C/C=C/C=C/C=C/[C@H](O[C@@H]2O[C@H](C)[C@@H](O)[C@H](N)[C@@H]2O)C[C@@H]2O[C@](O)(C[C@@H](O)C[C@@H](O)[C@H](O)CC[C@@H](O)C[C@@H](O)CC(=O)O[C@H]1C)C[C@H](O)[C@H]2C(=O)O. The summed E-state index contributed by atoms with van der Waals surface area (Å²) in [6, 6.07) is -1.17. The fraction of sp³-hybridized carbons (Fsp3) is 0.698. The zero-order valence-electron chi connectivity index (χ0n) is 43.3. The summed E-state index contributed by atoms with van der Waals surface area (Å²) in [5.41, 5.74) is 6.04. The molecule has 0 aromatic heterocycles. The lowest BCUT2D eigenvalue weighted by atomic mass is 9.82. The minimum atomic E-state index is -2.36.